The number of methoxy groups -OCH3 is 1. The van der Waals surface area contributed by atoms with Crippen molar-refractivity contribution in [3.8, 4) is 5.88 Å². The zero-order chi connectivity index (χ0) is 14.2. The van der Waals surface area contributed by atoms with Gasteiger partial charge in [0.2, 0.25) is 5.88 Å². The highest BCUT2D eigenvalue weighted by Gasteiger charge is 2.32. The summed E-state index contributed by atoms with van der Waals surface area (Å²) in [5, 5.41) is 0. The molecule has 1 aliphatic heterocycles. The van der Waals surface area contributed by atoms with E-state index in [0.29, 0.717) is 23.8 Å². The topological polar surface area (TPSA) is 62.1 Å². The third kappa shape index (κ3) is 2.23. The molecule has 2 aromatic rings. The molecule has 7 heteroatoms. The lowest BCUT2D eigenvalue weighted by atomic mass is 10.0. The van der Waals surface area contributed by atoms with Gasteiger partial charge in [0.15, 0.2) is 11.2 Å². The van der Waals surface area contributed by atoms with Crippen LogP contribution in [0.3, 0.4) is 0 Å². The van der Waals surface area contributed by atoms with E-state index in [0.717, 1.165) is 30.9 Å². The molecule has 0 spiro atoms. The number of aromatic nitrogens is 4. The molecule has 3 rings (SSSR count). The van der Waals surface area contributed by atoms with Crippen molar-refractivity contribution < 1.29 is 9.47 Å². The highest BCUT2D eigenvalue weighted by Crippen LogP contribution is 2.30. The molecule has 1 aliphatic rings. The standard InChI is InChI=1S/C13H17ClN4O2/c1-13(4-3-5-20-13)7-18-9(6-14)17-10-11(18)15-8-16-12(10)19-2/h8H,3-7H2,1-2H3. The van der Waals surface area contributed by atoms with Crippen LogP contribution < -0.4 is 4.74 Å². The monoisotopic (exact) mass is 296 g/mol. The molecule has 0 aromatic carbocycles. The highest BCUT2D eigenvalue weighted by molar-refractivity contribution is 6.16. The first-order valence-corrected chi connectivity index (χ1v) is 7.14. The number of imidazole rings is 1. The molecular weight excluding hydrogens is 280 g/mol. The Hall–Kier alpha value is -1.40. The minimum Gasteiger partial charge on any atom is -0.479 e. The van der Waals surface area contributed by atoms with Gasteiger partial charge in [0, 0.05) is 6.61 Å². The molecule has 2 aromatic heterocycles. The number of ether oxygens (including phenoxy) is 2. The maximum absolute atomic E-state index is 6.02. The third-order valence-electron chi connectivity index (χ3n) is 3.68. The summed E-state index contributed by atoms with van der Waals surface area (Å²) < 4.78 is 13.1. The minimum atomic E-state index is -0.188. The Balaban J connectivity index is 2.08. The van der Waals surface area contributed by atoms with Crippen molar-refractivity contribution in [2.45, 2.75) is 37.8 Å². The van der Waals surface area contributed by atoms with Crippen LogP contribution in [0.1, 0.15) is 25.6 Å². The number of hydrogen-bond acceptors (Lipinski definition) is 5. The van der Waals surface area contributed by atoms with Gasteiger partial charge in [-0.25, -0.2) is 9.97 Å². The first kappa shape index (κ1) is 13.6. The lowest BCUT2D eigenvalue weighted by molar-refractivity contribution is 0.00649. The fraction of sp³-hybridized carbons (Fsp3) is 0.615. The average molecular weight is 297 g/mol. The lowest BCUT2D eigenvalue weighted by Crippen LogP contribution is -2.30. The summed E-state index contributed by atoms with van der Waals surface area (Å²) in [6, 6.07) is 0. The summed E-state index contributed by atoms with van der Waals surface area (Å²) in [5.41, 5.74) is 1.20. The van der Waals surface area contributed by atoms with E-state index in [1.54, 1.807) is 7.11 Å². The molecule has 6 nitrogen and oxygen atoms in total. The van der Waals surface area contributed by atoms with Crippen molar-refractivity contribution in [1.29, 1.82) is 0 Å². The molecular formula is C13H17ClN4O2. The predicted octanol–water partition coefficient (Wildman–Crippen LogP) is 2.14. The first-order chi connectivity index (χ1) is 9.67. The zero-order valence-electron chi connectivity index (χ0n) is 11.6. The fourth-order valence-corrected chi connectivity index (χ4v) is 2.88. The van der Waals surface area contributed by atoms with E-state index in [-0.39, 0.29) is 5.60 Å². The fourth-order valence-electron chi connectivity index (χ4n) is 2.67. The molecule has 0 aliphatic carbocycles. The molecule has 1 unspecified atom stereocenters. The number of hydrogen-bond donors (Lipinski definition) is 0. The van der Waals surface area contributed by atoms with Crippen LogP contribution in [-0.2, 0) is 17.2 Å². The second-order valence-electron chi connectivity index (χ2n) is 5.20. The van der Waals surface area contributed by atoms with Gasteiger partial charge < -0.3 is 14.0 Å². The van der Waals surface area contributed by atoms with E-state index in [1.165, 1.54) is 6.33 Å². The Morgan fingerprint density at radius 2 is 2.35 bits per heavy atom. The maximum atomic E-state index is 6.02. The lowest BCUT2D eigenvalue weighted by Gasteiger charge is -2.24. The van der Waals surface area contributed by atoms with Gasteiger partial charge in [0.05, 0.1) is 25.1 Å². The van der Waals surface area contributed by atoms with Gasteiger partial charge in [-0.05, 0) is 19.8 Å². The third-order valence-corrected chi connectivity index (χ3v) is 3.92. The molecule has 1 saturated heterocycles. The quantitative estimate of drug-likeness (QED) is 0.809. The van der Waals surface area contributed by atoms with E-state index >= 15 is 0 Å². The van der Waals surface area contributed by atoms with E-state index in [9.17, 15) is 0 Å². The molecule has 20 heavy (non-hydrogen) atoms. The Morgan fingerprint density at radius 1 is 1.50 bits per heavy atom. The van der Waals surface area contributed by atoms with Crippen LogP contribution in [0.25, 0.3) is 11.2 Å². The van der Waals surface area contributed by atoms with Crippen LogP contribution in [-0.4, -0.2) is 38.8 Å². The average Bonchev–Trinajstić information content (AvgIpc) is 3.03. The predicted molar refractivity (Wildman–Crippen MR) is 75.0 cm³/mol. The van der Waals surface area contributed by atoms with Crippen molar-refractivity contribution in [2.24, 2.45) is 0 Å². The Labute approximate surface area is 122 Å². The normalized spacial score (nSPS) is 22.6. The summed E-state index contributed by atoms with van der Waals surface area (Å²) in [4.78, 5) is 12.9. The number of fused-ring (bicyclic) bond motifs is 1. The van der Waals surface area contributed by atoms with Crippen LogP contribution >= 0.6 is 11.6 Å². The van der Waals surface area contributed by atoms with Gasteiger partial charge in [0.1, 0.15) is 12.2 Å². The second-order valence-corrected chi connectivity index (χ2v) is 5.47. The van der Waals surface area contributed by atoms with Crippen LogP contribution in [0.4, 0.5) is 0 Å². The number of nitrogens with zero attached hydrogens (tertiary/aromatic N) is 4. The van der Waals surface area contributed by atoms with Crippen LogP contribution in [0.5, 0.6) is 5.88 Å². The van der Waals surface area contributed by atoms with E-state index in [1.807, 2.05) is 4.57 Å². The summed E-state index contributed by atoms with van der Waals surface area (Å²) in [6.45, 7) is 3.60. The smallest absolute Gasteiger partial charge is 0.245 e. The summed E-state index contributed by atoms with van der Waals surface area (Å²) in [6.07, 6.45) is 3.59. The Morgan fingerprint density at radius 3 is 3.00 bits per heavy atom. The van der Waals surface area contributed by atoms with Crippen LogP contribution in [0.2, 0.25) is 0 Å². The summed E-state index contributed by atoms with van der Waals surface area (Å²) in [5.74, 6) is 1.55. The number of alkyl halides is 1. The van der Waals surface area contributed by atoms with Crippen LogP contribution in [0.15, 0.2) is 6.33 Å². The van der Waals surface area contributed by atoms with Gasteiger partial charge >= 0.3 is 0 Å². The Kier molecular flexibility index (Phi) is 3.52. The first-order valence-electron chi connectivity index (χ1n) is 6.61. The SMILES string of the molecule is COc1ncnc2c1nc(CCl)n2CC1(C)CCCO1. The molecule has 1 atom stereocenters. The van der Waals surface area contributed by atoms with Crippen molar-refractivity contribution in [3.05, 3.63) is 12.2 Å². The molecule has 0 saturated carbocycles. The minimum absolute atomic E-state index is 0.188. The molecule has 0 amide bonds. The number of rotatable bonds is 4. The number of halogens is 1. The van der Waals surface area contributed by atoms with Gasteiger partial charge in [-0.15, -0.1) is 11.6 Å². The van der Waals surface area contributed by atoms with Crippen LogP contribution in [0, 0.1) is 0 Å². The van der Waals surface area contributed by atoms with Gasteiger partial charge in [-0.2, -0.15) is 4.98 Å². The van der Waals surface area contributed by atoms with E-state index in [2.05, 4.69) is 21.9 Å². The zero-order valence-corrected chi connectivity index (χ0v) is 12.4. The van der Waals surface area contributed by atoms with Gasteiger partial charge in [-0.3, -0.25) is 0 Å². The highest BCUT2D eigenvalue weighted by atomic mass is 35.5. The molecule has 108 valence electrons. The molecule has 0 radical (unpaired) electrons. The van der Waals surface area contributed by atoms with Crippen molar-refractivity contribution in [2.75, 3.05) is 13.7 Å². The van der Waals surface area contributed by atoms with Crippen molar-refractivity contribution in [3.63, 3.8) is 0 Å². The Bertz CT molecular complexity index is 622. The summed E-state index contributed by atoms with van der Waals surface area (Å²) >= 11 is 6.02. The van der Waals surface area contributed by atoms with Crippen molar-refractivity contribution >= 4 is 22.8 Å². The maximum Gasteiger partial charge on any atom is 0.245 e. The largest absolute Gasteiger partial charge is 0.479 e. The molecule has 3 heterocycles. The van der Waals surface area contributed by atoms with Crippen molar-refractivity contribution in [1.82, 2.24) is 19.5 Å². The second kappa shape index (κ2) is 5.18. The molecule has 1 fully saturated rings. The van der Waals surface area contributed by atoms with E-state index < -0.39 is 0 Å². The van der Waals surface area contributed by atoms with Gasteiger partial charge in [0.25, 0.3) is 0 Å². The van der Waals surface area contributed by atoms with Gasteiger partial charge in [-0.1, -0.05) is 0 Å². The van der Waals surface area contributed by atoms with E-state index in [4.69, 9.17) is 21.1 Å². The molecule has 0 N–H and O–H groups in total. The molecule has 0 bridgehead atoms. The summed E-state index contributed by atoms with van der Waals surface area (Å²) in [7, 11) is 1.57.